The number of urea groups is 1. The van der Waals surface area contributed by atoms with Crippen LogP contribution in [0.2, 0.25) is 5.02 Å². The molecule has 2 aromatic carbocycles. The minimum absolute atomic E-state index is 0.178. The van der Waals surface area contributed by atoms with Gasteiger partial charge in [-0.15, -0.1) is 0 Å². The summed E-state index contributed by atoms with van der Waals surface area (Å²) < 4.78 is 25.2. The highest BCUT2D eigenvalue weighted by Gasteiger charge is 2.16. The summed E-state index contributed by atoms with van der Waals surface area (Å²) >= 11 is 6.11. The van der Waals surface area contributed by atoms with Crippen molar-refractivity contribution in [1.82, 2.24) is 9.62 Å². The molecule has 0 saturated heterocycles. The van der Waals surface area contributed by atoms with Crippen LogP contribution in [-0.2, 0) is 21.4 Å². The summed E-state index contributed by atoms with van der Waals surface area (Å²) in [6, 6.07) is 10.5. The third-order valence-corrected chi connectivity index (χ3v) is 5.83. The van der Waals surface area contributed by atoms with E-state index >= 15 is 0 Å². The summed E-state index contributed by atoms with van der Waals surface area (Å²) in [5.74, 6) is -0.223. The number of hydrogen-bond donors (Lipinski definition) is 3. The smallest absolute Gasteiger partial charge is 0.319 e. The summed E-state index contributed by atoms with van der Waals surface area (Å²) in [5.41, 5.74) is 1.65. The molecule has 0 heterocycles. The Morgan fingerprint density at radius 2 is 1.68 bits per heavy atom. The highest BCUT2D eigenvalue weighted by atomic mass is 35.5. The van der Waals surface area contributed by atoms with Crippen molar-refractivity contribution >= 4 is 44.9 Å². The van der Waals surface area contributed by atoms with Crippen molar-refractivity contribution in [1.29, 1.82) is 0 Å². The SMILES string of the molecule is CC(=O)Nc1ccc(NC(=O)NCc2ccc(S(=O)(=O)N(C)C)cc2)c(Cl)c1. The van der Waals surface area contributed by atoms with Gasteiger partial charge in [-0.25, -0.2) is 17.5 Å². The van der Waals surface area contributed by atoms with E-state index in [1.807, 2.05) is 0 Å². The first-order valence-corrected chi connectivity index (χ1v) is 10.0. The van der Waals surface area contributed by atoms with Gasteiger partial charge in [0.25, 0.3) is 0 Å². The molecule has 0 atom stereocenters. The summed E-state index contributed by atoms with van der Waals surface area (Å²) in [6.07, 6.45) is 0. The van der Waals surface area contributed by atoms with Gasteiger partial charge >= 0.3 is 6.03 Å². The van der Waals surface area contributed by atoms with Crippen molar-refractivity contribution in [3.05, 3.63) is 53.1 Å². The van der Waals surface area contributed by atoms with Gasteiger partial charge in [-0.1, -0.05) is 23.7 Å². The lowest BCUT2D eigenvalue weighted by atomic mass is 10.2. The second-order valence-electron chi connectivity index (χ2n) is 6.11. The number of hydrogen-bond acceptors (Lipinski definition) is 4. The predicted molar refractivity (Wildman–Crippen MR) is 109 cm³/mol. The van der Waals surface area contributed by atoms with E-state index in [9.17, 15) is 18.0 Å². The fraction of sp³-hybridized carbons (Fsp3) is 0.222. The Hall–Kier alpha value is -2.62. The van der Waals surface area contributed by atoms with Gasteiger partial charge in [0.05, 0.1) is 15.6 Å². The average molecular weight is 425 g/mol. The molecule has 10 heteroatoms. The summed E-state index contributed by atoms with van der Waals surface area (Å²) in [6.45, 7) is 1.59. The van der Waals surface area contributed by atoms with Crippen molar-refractivity contribution in [3.8, 4) is 0 Å². The zero-order valence-electron chi connectivity index (χ0n) is 15.6. The molecule has 28 heavy (non-hydrogen) atoms. The standard InChI is InChI=1S/C18H21ClN4O4S/c1-12(24)21-14-6-9-17(16(19)10-14)22-18(25)20-11-13-4-7-15(8-5-13)28(26,27)23(2)3/h4-10H,11H2,1-3H3,(H,21,24)(H2,20,22,25). The Morgan fingerprint density at radius 1 is 1.04 bits per heavy atom. The maximum absolute atomic E-state index is 12.1. The zero-order chi connectivity index (χ0) is 20.9. The molecule has 0 radical (unpaired) electrons. The van der Waals surface area contributed by atoms with Crippen LogP contribution in [0.1, 0.15) is 12.5 Å². The Labute approximate surface area is 168 Å². The third kappa shape index (κ3) is 5.69. The van der Waals surface area contributed by atoms with E-state index in [0.29, 0.717) is 11.4 Å². The number of anilines is 2. The lowest BCUT2D eigenvalue weighted by Crippen LogP contribution is -2.28. The number of carbonyl (C=O) groups excluding carboxylic acids is 2. The van der Waals surface area contributed by atoms with Crippen LogP contribution in [0.4, 0.5) is 16.2 Å². The van der Waals surface area contributed by atoms with Gasteiger partial charge in [0.1, 0.15) is 0 Å². The van der Waals surface area contributed by atoms with Crippen molar-refractivity contribution in [2.24, 2.45) is 0 Å². The van der Waals surface area contributed by atoms with Crippen molar-refractivity contribution in [2.75, 3.05) is 24.7 Å². The second kappa shape index (κ2) is 9.05. The number of rotatable bonds is 6. The van der Waals surface area contributed by atoms with Crippen LogP contribution in [0.15, 0.2) is 47.4 Å². The van der Waals surface area contributed by atoms with Crippen LogP contribution in [0.3, 0.4) is 0 Å². The first kappa shape index (κ1) is 21.7. The van der Waals surface area contributed by atoms with Crippen LogP contribution in [0.5, 0.6) is 0 Å². The molecule has 2 rings (SSSR count). The van der Waals surface area contributed by atoms with Crippen LogP contribution in [0, 0.1) is 0 Å². The fourth-order valence-electron chi connectivity index (χ4n) is 2.24. The molecule has 0 saturated carbocycles. The van der Waals surface area contributed by atoms with E-state index in [0.717, 1.165) is 9.87 Å². The third-order valence-electron chi connectivity index (χ3n) is 3.69. The molecule has 0 spiro atoms. The molecular weight excluding hydrogens is 404 g/mol. The molecule has 3 amide bonds. The number of nitrogens with zero attached hydrogens (tertiary/aromatic N) is 1. The minimum Gasteiger partial charge on any atom is -0.334 e. The highest BCUT2D eigenvalue weighted by molar-refractivity contribution is 7.89. The number of benzene rings is 2. The Kier molecular flexibility index (Phi) is 7.00. The monoisotopic (exact) mass is 424 g/mol. The summed E-state index contributed by atoms with van der Waals surface area (Å²) in [5, 5.41) is 8.15. The lowest BCUT2D eigenvalue weighted by molar-refractivity contribution is -0.114. The Balaban J connectivity index is 1.95. The number of halogens is 1. The normalized spacial score (nSPS) is 11.2. The van der Waals surface area contributed by atoms with Crippen LogP contribution < -0.4 is 16.0 Å². The topological polar surface area (TPSA) is 108 Å². The van der Waals surface area contributed by atoms with E-state index in [1.54, 1.807) is 24.3 Å². The van der Waals surface area contributed by atoms with Gasteiger partial charge in [0, 0.05) is 33.3 Å². The van der Waals surface area contributed by atoms with Gasteiger partial charge in [-0.2, -0.15) is 0 Å². The van der Waals surface area contributed by atoms with Crippen molar-refractivity contribution in [3.63, 3.8) is 0 Å². The second-order valence-corrected chi connectivity index (χ2v) is 8.67. The van der Waals surface area contributed by atoms with Gasteiger partial charge < -0.3 is 16.0 Å². The van der Waals surface area contributed by atoms with Gasteiger partial charge in [-0.05, 0) is 35.9 Å². The number of carbonyl (C=O) groups is 2. The van der Waals surface area contributed by atoms with E-state index < -0.39 is 16.1 Å². The molecule has 0 aliphatic rings. The van der Waals surface area contributed by atoms with Gasteiger partial charge in [0.2, 0.25) is 15.9 Å². The van der Waals surface area contributed by atoms with Crippen LogP contribution in [0.25, 0.3) is 0 Å². The minimum atomic E-state index is -3.49. The molecule has 0 aromatic heterocycles. The van der Waals surface area contributed by atoms with E-state index in [4.69, 9.17) is 11.6 Å². The molecule has 0 aliphatic carbocycles. The molecule has 0 fully saturated rings. The number of amides is 3. The highest BCUT2D eigenvalue weighted by Crippen LogP contribution is 2.25. The Morgan fingerprint density at radius 3 is 2.21 bits per heavy atom. The number of sulfonamides is 1. The van der Waals surface area contributed by atoms with Gasteiger partial charge in [-0.3, -0.25) is 4.79 Å². The molecule has 150 valence electrons. The molecule has 0 aliphatic heterocycles. The lowest BCUT2D eigenvalue weighted by Gasteiger charge is -2.12. The van der Waals surface area contributed by atoms with Crippen LogP contribution in [-0.4, -0.2) is 38.8 Å². The van der Waals surface area contributed by atoms with E-state index in [-0.39, 0.29) is 22.4 Å². The molecule has 0 bridgehead atoms. The maximum Gasteiger partial charge on any atom is 0.319 e. The van der Waals surface area contributed by atoms with Crippen LogP contribution >= 0.6 is 11.6 Å². The summed E-state index contributed by atoms with van der Waals surface area (Å²) in [7, 11) is -0.566. The zero-order valence-corrected chi connectivity index (χ0v) is 17.2. The average Bonchev–Trinajstić information content (AvgIpc) is 2.62. The quantitative estimate of drug-likeness (QED) is 0.662. The molecule has 3 N–H and O–H groups in total. The Bertz CT molecular complexity index is 976. The molecule has 0 unspecified atom stereocenters. The maximum atomic E-state index is 12.1. The molecule has 8 nitrogen and oxygen atoms in total. The largest absolute Gasteiger partial charge is 0.334 e. The van der Waals surface area contributed by atoms with E-state index in [1.165, 1.54) is 39.2 Å². The number of nitrogens with one attached hydrogen (secondary N) is 3. The summed E-state index contributed by atoms with van der Waals surface area (Å²) in [4.78, 5) is 23.3. The molecule has 2 aromatic rings. The first-order chi connectivity index (χ1) is 13.1. The molecular formula is C18H21ClN4O4S. The van der Waals surface area contributed by atoms with Crippen molar-refractivity contribution < 1.29 is 18.0 Å². The van der Waals surface area contributed by atoms with Gasteiger partial charge in [0.15, 0.2) is 0 Å². The van der Waals surface area contributed by atoms with Crippen molar-refractivity contribution in [2.45, 2.75) is 18.4 Å². The fourth-order valence-corrected chi connectivity index (χ4v) is 3.37. The predicted octanol–water partition coefficient (Wildman–Crippen LogP) is 2.87. The van der Waals surface area contributed by atoms with E-state index in [2.05, 4.69) is 16.0 Å². The first-order valence-electron chi connectivity index (χ1n) is 8.23.